The van der Waals surface area contributed by atoms with Gasteiger partial charge in [-0.2, -0.15) is 10.2 Å². The zero-order valence-corrected chi connectivity index (χ0v) is 16.2. The van der Waals surface area contributed by atoms with Crippen molar-refractivity contribution in [3.8, 4) is 17.7 Å². The van der Waals surface area contributed by atoms with Crippen molar-refractivity contribution in [1.82, 2.24) is 9.38 Å². The normalized spacial score (nSPS) is 15.6. The number of pyridine rings is 1. The quantitative estimate of drug-likeness (QED) is 0.572. The third kappa shape index (κ3) is 4.45. The van der Waals surface area contributed by atoms with E-state index in [-0.39, 0.29) is 17.6 Å². The van der Waals surface area contributed by atoms with E-state index < -0.39 is 5.97 Å². The van der Waals surface area contributed by atoms with E-state index in [9.17, 15) is 9.90 Å². The standard InChI is InChI=1S/C21H25N3O4/c1-14(2)28-20-17(11-16(12-22)21(25)26)24-10-6-9-18(19(24)23-20)27-13-15-7-4-3-5-8-15/h6,9-11,14-15H,3-5,7-8,13H2,1-2H3,(H,25,26). The summed E-state index contributed by atoms with van der Waals surface area (Å²) in [4.78, 5) is 15.8. The first-order valence-corrected chi connectivity index (χ1v) is 9.65. The van der Waals surface area contributed by atoms with Gasteiger partial charge in [0, 0.05) is 6.20 Å². The molecule has 2 aromatic rings. The fourth-order valence-corrected chi connectivity index (χ4v) is 3.43. The third-order valence-electron chi connectivity index (χ3n) is 4.80. The Morgan fingerprint density at radius 2 is 2.18 bits per heavy atom. The SMILES string of the molecule is CC(C)Oc1nc2c(OCC3CCCCC3)cccn2c1C=C(C#N)C(=O)O. The molecule has 1 saturated carbocycles. The zero-order valence-electron chi connectivity index (χ0n) is 16.2. The number of rotatable bonds is 7. The van der Waals surface area contributed by atoms with Crippen LogP contribution in [-0.4, -0.2) is 33.2 Å². The second-order valence-corrected chi connectivity index (χ2v) is 7.32. The molecule has 0 unspecified atom stereocenters. The monoisotopic (exact) mass is 383 g/mol. The van der Waals surface area contributed by atoms with E-state index in [1.54, 1.807) is 16.7 Å². The van der Waals surface area contributed by atoms with Gasteiger partial charge in [-0.05, 0) is 50.8 Å². The van der Waals surface area contributed by atoms with E-state index in [1.165, 1.54) is 38.2 Å². The summed E-state index contributed by atoms with van der Waals surface area (Å²) in [6, 6.07) is 5.36. The van der Waals surface area contributed by atoms with Gasteiger partial charge in [-0.15, -0.1) is 0 Å². The Morgan fingerprint density at radius 1 is 1.43 bits per heavy atom. The van der Waals surface area contributed by atoms with Crippen LogP contribution in [0.2, 0.25) is 0 Å². The number of ether oxygens (including phenoxy) is 2. The van der Waals surface area contributed by atoms with Crippen molar-refractivity contribution in [2.24, 2.45) is 5.92 Å². The summed E-state index contributed by atoms with van der Waals surface area (Å²) in [5.74, 6) is 0.150. The summed E-state index contributed by atoms with van der Waals surface area (Å²) >= 11 is 0. The number of imidazole rings is 1. The first-order valence-electron chi connectivity index (χ1n) is 9.65. The van der Waals surface area contributed by atoms with Crippen LogP contribution in [0.3, 0.4) is 0 Å². The number of carboxylic acid groups (broad SMARTS) is 1. The van der Waals surface area contributed by atoms with Gasteiger partial charge in [0.25, 0.3) is 0 Å². The molecule has 1 aliphatic carbocycles. The minimum absolute atomic E-state index is 0.154. The Kier molecular flexibility index (Phi) is 6.19. The molecule has 7 nitrogen and oxygen atoms in total. The van der Waals surface area contributed by atoms with Gasteiger partial charge in [-0.1, -0.05) is 19.3 Å². The van der Waals surface area contributed by atoms with E-state index in [0.717, 1.165) is 0 Å². The van der Waals surface area contributed by atoms with Crippen molar-refractivity contribution in [3.05, 3.63) is 29.6 Å². The van der Waals surface area contributed by atoms with Gasteiger partial charge in [-0.25, -0.2) is 4.79 Å². The number of aliphatic carboxylic acids is 1. The van der Waals surface area contributed by atoms with Crippen LogP contribution in [0.15, 0.2) is 23.9 Å². The summed E-state index contributed by atoms with van der Waals surface area (Å²) in [6.07, 6.45) is 9.03. The zero-order chi connectivity index (χ0) is 20.1. The lowest BCUT2D eigenvalue weighted by atomic mass is 9.90. The minimum Gasteiger partial charge on any atom is -0.489 e. The van der Waals surface area contributed by atoms with Crippen molar-refractivity contribution >= 4 is 17.7 Å². The first-order chi connectivity index (χ1) is 13.5. The second-order valence-electron chi connectivity index (χ2n) is 7.32. The van der Waals surface area contributed by atoms with Crippen LogP contribution in [0.1, 0.15) is 51.6 Å². The molecule has 0 atom stereocenters. The Hall–Kier alpha value is -3.01. The van der Waals surface area contributed by atoms with Crippen molar-refractivity contribution in [2.45, 2.75) is 52.1 Å². The van der Waals surface area contributed by atoms with Crippen LogP contribution in [-0.2, 0) is 4.79 Å². The van der Waals surface area contributed by atoms with Crippen LogP contribution in [0, 0.1) is 17.2 Å². The Bertz CT molecular complexity index is 918. The number of aromatic nitrogens is 2. The highest BCUT2D eigenvalue weighted by atomic mass is 16.5. The summed E-state index contributed by atoms with van der Waals surface area (Å²) < 4.78 is 13.5. The molecule has 3 rings (SSSR count). The molecule has 0 aliphatic heterocycles. The number of hydrogen-bond acceptors (Lipinski definition) is 5. The summed E-state index contributed by atoms with van der Waals surface area (Å²) in [6.45, 7) is 4.36. The van der Waals surface area contributed by atoms with Gasteiger partial charge in [0.05, 0.1) is 12.7 Å². The van der Waals surface area contributed by atoms with Gasteiger partial charge >= 0.3 is 5.97 Å². The Morgan fingerprint density at radius 3 is 2.82 bits per heavy atom. The van der Waals surface area contributed by atoms with E-state index in [0.29, 0.717) is 29.6 Å². The maximum Gasteiger partial charge on any atom is 0.346 e. The summed E-state index contributed by atoms with van der Waals surface area (Å²) in [5.41, 5.74) is 0.567. The molecular weight excluding hydrogens is 358 g/mol. The molecule has 0 saturated heterocycles. The largest absolute Gasteiger partial charge is 0.489 e. The lowest BCUT2D eigenvalue weighted by molar-refractivity contribution is -0.132. The highest BCUT2D eigenvalue weighted by Gasteiger charge is 2.20. The molecule has 1 N–H and O–H groups in total. The molecule has 0 bridgehead atoms. The highest BCUT2D eigenvalue weighted by molar-refractivity contribution is 5.96. The number of carboxylic acids is 1. The highest BCUT2D eigenvalue weighted by Crippen LogP contribution is 2.30. The minimum atomic E-state index is -1.29. The second kappa shape index (κ2) is 8.79. The molecule has 148 valence electrons. The number of hydrogen-bond donors (Lipinski definition) is 1. The van der Waals surface area contributed by atoms with Crippen LogP contribution >= 0.6 is 0 Å². The molecule has 2 aromatic heterocycles. The van der Waals surface area contributed by atoms with Gasteiger partial charge in [0.15, 0.2) is 11.4 Å². The third-order valence-corrected chi connectivity index (χ3v) is 4.80. The molecule has 28 heavy (non-hydrogen) atoms. The first kappa shape index (κ1) is 19.7. The molecule has 1 fully saturated rings. The van der Waals surface area contributed by atoms with Crippen molar-refractivity contribution in [2.75, 3.05) is 6.61 Å². The fourth-order valence-electron chi connectivity index (χ4n) is 3.43. The van der Waals surface area contributed by atoms with Crippen molar-refractivity contribution < 1.29 is 19.4 Å². The Balaban J connectivity index is 1.99. The Labute approximate surface area is 164 Å². The van der Waals surface area contributed by atoms with Crippen LogP contribution < -0.4 is 9.47 Å². The maximum atomic E-state index is 11.3. The predicted octanol–water partition coefficient (Wildman–Crippen LogP) is 4.07. The molecule has 0 spiro atoms. The average Bonchev–Trinajstić information content (AvgIpc) is 3.01. The maximum absolute atomic E-state index is 11.3. The van der Waals surface area contributed by atoms with Crippen LogP contribution in [0.4, 0.5) is 0 Å². The van der Waals surface area contributed by atoms with Gasteiger partial charge in [0.2, 0.25) is 5.88 Å². The van der Waals surface area contributed by atoms with Gasteiger partial charge in [0.1, 0.15) is 17.3 Å². The van der Waals surface area contributed by atoms with E-state index in [1.807, 2.05) is 26.0 Å². The molecule has 2 heterocycles. The van der Waals surface area contributed by atoms with E-state index in [4.69, 9.17) is 14.7 Å². The average molecular weight is 383 g/mol. The lowest BCUT2D eigenvalue weighted by Gasteiger charge is -2.21. The van der Waals surface area contributed by atoms with E-state index in [2.05, 4.69) is 4.98 Å². The van der Waals surface area contributed by atoms with Crippen molar-refractivity contribution in [3.63, 3.8) is 0 Å². The summed E-state index contributed by atoms with van der Waals surface area (Å²) in [7, 11) is 0. The molecule has 0 radical (unpaired) electrons. The van der Waals surface area contributed by atoms with Gasteiger partial charge in [-0.3, -0.25) is 4.40 Å². The lowest BCUT2D eigenvalue weighted by Crippen LogP contribution is -2.15. The van der Waals surface area contributed by atoms with Crippen LogP contribution in [0.5, 0.6) is 11.6 Å². The van der Waals surface area contributed by atoms with Gasteiger partial charge < -0.3 is 14.6 Å². The van der Waals surface area contributed by atoms with E-state index >= 15 is 0 Å². The fraction of sp³-hybridized carbons (Fsp3) is 0.476. The predicted molar refractivity (Wildman–Crippen MR) is 104 cm³/mol. The molecule has 0 aromatic carbocycles. The number of fused-ring (bicyclic) bond motifs is 1. The number of nitrogens with zero attached hydrogens (tertiary/aromatic N) is 3. The number of carbonyl (C=O) groups is 1. The summed E-state index contributed by atoms with van der Waals surface area (Å²) in [5, 5.41) is 18.3. The molecule has 7 heteroatoms. The van der Waals surface area contributed by atoms with Crippen molar-refractivity contribution in [1.29, 1.82) is 5.26 Å². The number of nitriles is 1. The smallest absolute Gasteiger partial charge is 0.346 e. The van der Waals surface area contributed by atoms with Crippen LogP contribution in [0.25, 0.3) is 11.7 Å². The molecule has 0 amide bonds. The molecule has 1 aliphatic rings. The molecular formula is C21H25N3O4. The topological polar surface area (TPSA) is 96.9 Å².